The standard InChI is InChI=1S/C16H19NO2/c1-2-16(18)14-3-5-15(6-4-14)19-12-9-13-7-10-17-11-8-13/h3-8,10-11,16,18H,2,9,12H2,1H3. The summed E-state index contributed by atoms with van der Waals surface area (Å²) in [6.07, 6.45) is 4.78. The summed E-state index contributed by atoms with van der Waals surface area (Å²) in [5.74, 6) is 0.834. The molecule has 19 heavy (non-hydrogen) atoms. The summed E-state index contributed by atoms with van der Waals surface area (Å²) in [7, 11) is 0. The lowest BCUT2D eigenvalue weighted by atomic mass is 10.1. The number of pyridine rings is 1. The van der Waals surface area contributed by atoms with Crippen molar-refractivity contribution in [1.29, 1.82) is 0 Å². The monoisotopic (exact) mass is 257 g/mol. The number of benzene rings is 1. The van der Waals surface area contributed by atoms with Gasteiger partial charge in [-0.2, -0.15) is 0 Å². The minimum atomic E-state index is -0.383. The first kappa shape index (κ1) is 13.6. The lowest BCUT2D eigenvalue weighted by molar-refractivity contribution is 0.173. The average Bonchev–Trinajstić information content (AvgIpc) is 2.48. The van der Waals surface area contributed by atoms with Crippen molar-refractivity contribution in [2.75, 3.05) is 6.61 Å². The highest BCUT2D eigenvalue weighted by atomic mass is 16.5. The third-order valence-electron chi connectivity index (χ3n) is 3.06. The number of rotatable bonds is 6. The zero-order chi connectivity index (χ0) is 13.5. The molecule has 3 heteroatoms. The van der Waals surface area contributed by atoms with Crippen molar-refractivity contribution in [1.82, 2.24) is 4.98 Å². The molecule has 0 amide bonds. The molecule has 0 bridgehead atoms. The van der Waals surface area contributed by atoms with E-state index in [0.717, 1.165) is 24.2 Å². The van der Waals surface area contributed by atoms with Gasteiger partial charge in [0.25, 0.3) is 0 Å². The molecule has 0 aliphatic heterocycles. The van der Waals surface area contributed by atoms with Crippen molar-refractivity contribution >= 4 is 0 Å². The van der Waals surface area contributed by atoms with Crippen molar-refractivity contribution in [3.63, 3.8) is 0 Å². The van der Waals surface area contributed by atoms with Crippen LogP contribution in [-0.4, -0.2) is 16.7 Å². The highest BCUT2D eigenvalue weighted by Gasteiger charge is 2.04. The molecule has 1 unspecified atom stereocenters. The van der Waals surface area contributed by atoms with E-state index >= 15 is 0 Å². The highest BCUT2D eigenvalue weighted by molar-refractivity contribution is 5.28. The number of ether oxygens (including phenoxy) is 1. The van der Waals surface area contributed by atoms with Gasteiger partial charge in [-0.1, -0.05) is 19.1 Å². The van der Waals surface area contributed by atoms with Crippen LogP contribution in [0.4, 0.5) is 0 Å². The Morgan fingerprint density at radius 2 is 1.79 bits per heavy atom. The van der Waals surface area contributed by atoms with Gasteiger partial charge >= 0.3 is 0 Å². The first-order chi connectivity index (χ1) is 9.29. The van der Waals surface area contributed by atoms with E-state index in [2.05, 4.69) is 4.98 Å². The summed E-state index contributed by atoms with van der Waals surface area (Å²) in [5.41, 5.74) is 2.15. The minimum absolute atomic E-state index is 0.383. The van der Waals surface area contributed by atoms with E-state index in [1.54, 1.807) is 12.4 Å². The minimum Gasteiger partial charge on any atom is -0.493 e. The summed E-state index contributed by atoms with van der Waals surface area (Å²) in [5, 5.41) is 9.70. The average molecular weight is 257 g/mol. The van der Waals surface area contributed by atoms with Crippen molar-refractivity contribution in [3.8, 4) is 5.75 Å². The van der Waals surface area contributed by atoms with Gasteiger partial charge in [0.05, 0.1) is 12.7 Å². The topological polar surface area (TPSA) is 42.4 Å². The third kappa shape index (κ3) is 4.07. The van der Waals surface area contributed by atoms with Crippen LogP contribution in [0.5, 0.6) is 5.75 Å². The quantitative estimate of drug-likeness (QED) is 0.864. The number of aliphatic hydroxyl groups excluding tert-OH is 1. The Morgan fingerprint density at radius 3 is 2.42 bits per heavy atom. The second-order valence-electron chi connectivity index (χ2n) is 4.45. The van der Waals surface area contributed by atoms with Gasteiger partial charge in [-0.15, -0.1) is 0 Å². The summed E-state index contributed by atoms with van der Waals surface area (Å²) in [6.45, 7) is 2.60. The first-order valence-corrected chi connectivity index (χ1v) is 6.59. The maximum absolute atomic E-state index is 9.70. The van der Waals surface area contributed by atoms with E-state index in [0.29, 0.717) is 6.61 Å². The molecule has 1 atom stereocenters. The van der Waals surface area contributed by atoms with Gasteiger partial charge in [-0.3, -0.25) is 4.98 Å². The maximum atomic E-state index is 9.70. The van der Waals surface area contributed by atoms with Crippen molar-refractivity contribution < 1.29 is 9.84 Å². The largest absolute Gasteiger partial charge is 0.493 e. The molecule has 0 aliphatic rings. The van der Waals surface area contributed by atoms with Crippen LogP contribution in [0.3, 0.4) is 0 Å². The van der Waals surface area contributed by atoms with Gasteiger partial charge in [0.1, 0.15) is 5.75 Å². The molecule has 2 rings (SSSR count). The molecule has 100 valence electrons. The number of hydrogen-bond donors (Lipinski definition) is 1. The van der Waals surface area contributed by atoms with E-state index < -0.39 is 0 Å². The summed E-state index contributed by atoms with van der Waals surface area (Å²) in [6, 6.07) is 11.6. The number of hydrogen-bond acceptors (Lipinski definition) is 3. The molecule has 1 aromatic carbocycles. The number of aliphatic hydroxyl groups is 1. The highest BCUT2D eigenvalue weighted by Crippen LogP contribution is 2.19. The molecule has 2 aromatic rings. The molecule has 0 radical (unpaired) electrons. The molecular weight excluding hydrogens is 238 g/mol. The van der Waals surface area contributed by atoms with Gasteiger partial charge in [0.15, 0.2) is 0 Å². The molecule has 0 spiro atoms. The van der Waals surface area contributed by atoms with Crippen LogP contribution in [0.25, 0.3) is 0 Å². The Balaban J connectivity index is 1.83. The zero-order valence-electron chi connectivity index (χ0n) is 11.1. The predicted octanol–water partition coefficient (Wildman–Crippen LogP) is 3.15. The van der Waals surface area contributed by atoms with Crippen LogP contribution in [0.15, 0.2) is 48.8 Å². The van der Waals surface area contributed by atoms with E-state index in [-0.39, 0.29) is 6.10 Å². The van der Waals surface area contributed by atoms with Crippen molar-refractivity contribution in [2.24, 2.45) is 0 Å². The molecule has 3 nitrogen and oxygen atoms in total. The maximum Gasteiger partial charge on any atom is 0.119 e. The second-order valence-corrected chi connectivity index (χ2v) is 4.45. The Bertz CT molecular complexity index is 482. The van der Waals surface area contributed by atoms with E-state index in [1.807, 2.05) is 43.3 Å². The fourth-order valence-electron chi connectivity index (χ4n) is 1.86. The van der Waals surface area contributed by atoms with E-state index in [1.165, 1.54) is 5.56 Å². The Labute approximate surface area is 113 Å². The molecule has 1 aromatic heterocycles. The fraction of sp³-hybridized carbons (Fsp3) is 0.312. The van der Waals surface area contributed by atoms with Crippen LogP contribution in [0, 0.1) is 0 Å². The molecule has 1 N–H and O–H groups in total. The Morgan fingerprint density at radius 1 is 1.11 bits per heavy atom. The first-order valence-electron chi connectivity index (χ1n) is 6.59. The van der Waals surface area contributed by atoms with Gasteiger partial charge in [-0.05, 0) is 41.8 Å². The summed E-state index contributed by atoms with van der Waals surface area (Å²) < 4.78 is 5.68. The number of nitrogens with zero attached hydrogens (tertiary/aromatic N) is 1. The smallest absolute Gasteiger partial charge is 0.119 e. The lowest BCUT2D eigenvalue weighted by Crippen LogP contribution is -2.02. The van der Waals surface area contributed by atoms with Gasteiger partial charge < -0.3 is 9.84 Å². The van der Waals surface area contributed by atoms with Gasteiger partial charge in [0.2, 0.25) is 0 Å². The molecule has 0 aliphatic carbocycles. The molecule has 0 saturated heterocycles. The Kier molecular flexibility index (Phi) is 4.93. The van der Waals surface area contributed by atoms with Crippen molar-refractivity contribution in [2.45, 2.75) is 25.9 Å². The van der Waals surface area contributed by atoms with E-state index in [4.69, 9.17) is 4.74 Å². The molecule has 1 heterocycles. The van der Waals surface area contributed by atoms with Crippen LogP contribution in [0.1, 0.15) is 30.6 Å². The normalized spacial score (nSPS) is 12.1. The zero-order valence-corrected chi connectivity index (χ0v) is 11.1. The SMILES string of the molecule is CCC(O)c1ccc(OCCc2ccncc2)cc1. The summed E-state index contributed by atoms with van der Waals surface area (Å²) >= 11 is 0. The van der Waals surface area contributed by atoms with E-state index in [9.17, 15) is 5.11 Å². The summed E-state index contributed by atoms with van der Waals surface area (Å²) in [4.78, 5) is 3.98. The lowest BCUT2D eigenvalue weighted by Gasteiger charge is -2.10. The molecule has 0 saturated carbocycles. The van der Waals surface area contributed by atoms with Crippen LogP contribution >= 0.6 is 0 Å². The second kappa shape index (κ2) is 6.90. The molecular formula is C16H19NO2. The third-order valence-corrected chi connectivity index (χ3v) is 3.06. The van der Waals surface area contributed by atoms with Crippen LogP contribution in [-0.2, 0) is 6.42 Å². The Hall–Kier alpha value is -1.87. The van der Waals surface area contributed by atoms with Gasteiger partial charge in [0, 0.05) is 18.8 Å². The van der Waals surface area contributed by atoms with Crippen LogP contribution < -0.4 is 4.74 Å². The molecule has 0 fully saturated rings. The fourth-order valence-corrected chi connectivity index (χ4v) is 1.86. The van der Waals surface area contributed by atoms with Gasteiger partial charge in [-0.25, -0.2) is 0 Å². The van der Waals surface area contributed by atoms with Crippen molar-refractivity contribution in [3.05, 3.63) is 59.9 Å². The van der Waals surface area contributed by atoms with Crippen LogP contribution in [0.2, 0.25) is 0 Å². The number of aromatic nitrogens is 1. The predicted molar refractivity (Wildman–Crippen MR) is 75.1 cm³/mol.